The topological polar surface area (TPSA) is 51.6 Å². The van der Waals surface area contributed by atoms with Crippen LogP contribution in [0, 0.1) is 11.6 Å². The number of unbranched alkanes of at least 4 members (excludes halogenated alkanes) is 18. The van der Waals surface area contributed by atoms with Crippen LogP contribution in [0.3, 0.4) is 0 Å². The Hall–Kier alpha value is -8.44. The monoisotopic (exact) mass is 1980 g/mol. The number of halogens is 2. The molecule has 18 heteroatoms. The maximum absolute atomic E-state index is 18.4. The van der Waals surface area contributed by atoms with Crippen LogP contribution < -0.4 is 0 Å². The van der Waals surface area contributed by atoms with Crippen molar-refractivity contribution < 1.29 is 8.78 Å². The van der Waals surface area contributed by atoms with Crippen molar-refractivity contribution >= 4 is 178 Å². The minimum atomic E-state index is -0.842. The van der Waals surface area contributed by atoms with Crippen LogP contribution in [0.25, 0.3) is 143 Å². The van der Waals surface area contributed by atoms with E-state index in [0.717, 1.165) is 125 Å². The Morgan fingerprint density at radius 2 is 0.515 bits per heavy atom. The van der Waals surface area contributed by atoms with Crippen molar-refractivity contribution in [2.75, 3.05) is 0 Å². The van der Waals surface area contributed by atoms with Crippen LogP contribution in [0.1, 0.15) is 272 Å². The molecule has 0 saturated heterocycles. The first-order valence-corrected chi connectivity index (χ1v) is 58.8. The molecule has 0 N–H and O–H groups in total. The molecule has 0 saturated carbocycles. The number of rotatable bonds is 42. The third kappa shape index (κ3) is 17.5. The molecular formula is C116H112F2N4S12. The summed E-state index contributed by atoms with van der Waals surface area (Å²) in [6.07, 6.45) is 35.5. The number of hydrogen-bond donors (Lipinski definition) is 0. The molecule has 0 fully saturated rings. The highest BCUT2D eigenvalue weighted by molar-refractivity contribution is 7.33. The highest BCUT2D eigenvalue weighted by Crippen LogP contribution is 2.69. The molecular weight excluding hydrogens is 1870 g/mol. The molecule has 0 atom stereocenters. The molecule has 21 rings (SSSR count). The summed E-state index contributed by atoms with van der Waals surface area (Å²) in [5, 5.41) is 0. The second-order valence-electron chi connectivity index (χ2n) is 37.0. The Bertz CT molecular complexity index is 6790. The van der Waals surface area contributed by atoms with Crippen LogP contribution in [0.4, 0.5) is 8.78 Å². The molecule has 0 amide bonds. The number of aryl methyl sites for hydroxylation is 6. The van der Waals surface area contributed by atoms with Crippen LogP contribution in [0.15, 0.2) is 206 Å². The van der Waals surface area contributed by atoms with E-state index in [1.165, 1.54) is 288 Å². The van der Waals surface area contributed by atoms with Crippen molar-refractivity contribution in [1.29, 1.82) is 0 Å². The lowest BCUT2D eigenvalue weighted by Gasteiger charge is -2.36. The van der Waals surface area contributed by atoms with E-state index in [9.17, 15) is 0 Å². The molecule has 4 nitrogen and oxygen atoms in total. The normalized spacial score (nSPS) is 13.2. The van der Waals surface area contributed by atoms with E-state index in [1.54, 1.807) is 57.5 Å². The van der Waals surface area contributed by atoms with Gasteiger partial charge in [-0.15, -0.1) is 113 Å². The summed E-state index contributed by atoms with van der Waals surface area (Å²) in [5.74, 6) is -0.582. The quantitative estimate of drug-likeness (QED) is 0.0358. The fraction of sp³-hybridized carbons (Fsp3) is 0.328. The predicted octanol–water partition coefficient (Wildman–Crippen LogP) is 39.7. The maximum atomic E-state index is 18.4. The van der Waals surface area contributed by atoms with Gasteiger partial charge in [-0.05, 0) is 253 Å². The average molecular weight is 1980 g/mol. The van der Waals surface area contributed by atoms with E-state index in [2.05, 4.69) is 236 Å². The molecule has 19 aromatic rings. The molecule has 0 unspecified atom stereocenters. The maximum Gasteiger partial charge on any atom is 0.134 e. The van der Waals surface area contributed by atoms with Crippen molar-refractivity contribution in [2.45, 2.75) is 245 Å². The molecule has 2 aliphatic rings. The van der Waals surface area contributed by atoms with Gasteiger partial charge in [-0.25, -0.2) is 8.78 Å². The number of nitrogens with zero attached hydrogens (tertiary/aromatic N) is 4. The molecule has 0 radical (unpaired) electrons. The van der Waals surface area contributed by atoms with Gasteiger partial charge in [0.25, 0.3) is 0 Å². The zero-order chi connectivity index (χ0) is 91.0. The lowest BCUT2D eigenvalue weighted by Crippen LogP contribution is -2.30. The molecule has 0 spiro atoms. The van der Waals surface area contributed by atoms with Crippen molar-refractivity contribution in [3.05, 3.63) is 294 Å². The Kier molecular flexibility index (Phi) is 28.1. The number of fused-ring (bicyclic) bond motifs is 12. The van der Waals surface area contributed by atoms with Crippen LogP contribution in [-0.2, 0) is 49.4 Å². The van der Waals surface area contributed by atoms with Gasteiger partial charge in [0.2, 0.25) is 0 Å². The SMILES string of the molecule is CCCCCCc1ccc(C2(c3ccc(CCCCCC)cc3)c3cc4c(cc3-c3sc5cc(-c6c(F)cc(-c7ccc(-c8ccc(-c9ccc(CCCCCC)s9)s8)s7)c7nsnc67)sc5c32)C(c2ccc(CCCCCC)cc2)(c2ccc(CCCCCC)cc2)c2c-4sc3cc(-c4c(F)cc(-c5ccc(-c6ccc(-c7ccc(CCCCCC)s7)s6)s5)c5nsnc45)sc23)cc1. The highest BCUT2D eigenvalue weighted by Gasteiger charge is 2.55. The van der Waals surface area contributed by atoms with E-state index >= 15 is 8.78 Å². The van der Waals surface area contributed by atoms with Crippen molar-refractivity contribution in [1.82, 2.24) is 17.5 Å². The molecule has 7 aromatic carbocycles. The van der Waals surface area contributed by atoms with E-state index < -0.39 is 10.8 Å². The van der Waals surface area contributed by atoms with Gasteiger partial charge in [-0.2, -0.15) is 17.5 Å². The number of thiophene rings is 10. The fourth-order valence-electron chi connectivity index (χ4n) is 21.0. The van der Waals surface area contributed by atoms with Gasteiger partial charge in [0.15, 0.2) is 0 Å². The van der Waals surface area contributed by atoms with Crippen LogP contribution in [-0.4, -0.2) is 17.5 Å². The van der Waals surface area contributed by atoms with Gasteiger partial charge in [0, 0.05) is 110 Å². The first-order chi connectivity index (χ1) is 66.0. The van der Waals surface area contributed by atoms with Crippen molar-refractivity contribution in [3.63, 3.8) is 0 Å². The smallest absolute Gasteiger partial charge is 0.134 e. The largest absolute Gasteiger partial charge is 0.206 e. The molecule has 12 aromatic heterocycles. The highest BCUT2D eigenvalue weighted by atomic mass is 32.1. The lowest BCUT2D eigenvalue weighted by molar-refractivity contribution is 0.633. The predicted molar refractivity (Wildman–Crippen MR) is 587 cm³/mol. The van der Waals surface area contributed by atoms with E-state index in [-0.39, 0.29) is 11.6 Å². The summed E-state index contributed by atoms with van der Waals surface area (Å²) in [6, 6.07) is 79.7. The minimum absolute atomic E-state index is 0.291. The number of benzene rings is 7. The molecule has 682 valence electrons. The lowest BCUT2D eigenvalue weighted by atomic mass is 9.65. The van der Waals surface area contributed by atoms with Gasteiger partial charge in [-0.1, -0.05) is 254 Å². The second kappa shape index (κ2) is 40.9. The zero-order valence-electron chi connectivity index (χ0n) is 77.3. The molecule has 0 bridgehead atoms. The standard InChI is InChI=1S/C116H112F2N4S12/c1-7-13-19-25-31-71-37-45-75(46-38-71)115(76-47-39-72(40-48-76)32-26-20-14-8-2)85-65-82-86(66-81(85)111-105(115)113-101(131-111)69-99(129-113)103-87(117)67-83(107-109(103)121-133-119-107)89-57-59-95(125-89)97-63-61-93(127-97)91-55-53-79(123-91)35-29-23-17-11-5)116(77-49-41-73(42-50-77)33-27-21-15-9-3,78-51-43-74(44-52-78)34-28-22-16-10-4)106-112(82)132-102-70-100(130-114(102)106)104-88(118)68-84(108-110(104)122-134-120-108)90-58-60-96(126-90)98-64-62-94(128-98)92-56-54-80(124-92)36-30-24-18-12-6/h37-70H,7-36H2,1-6H3. The summed E-state index contributed by atoms with van der Waals surface area (Å²) >= 11 is 20.5. The second-order valence-corrected chi connectivity index (χ2v) is 48.9. The number of hydrogen-bond acceptors (Lipinski definition) is 16. The summed E-state index contributed by atoms with van der Waals surface area (Å²) in [6.45, 7) is 13.7. The Balaban J connectivity index is 0.728. The molecule has 2 aliphatic carbocycles. The van der Waals surface area contributed by atoms with E-state index in [4.69, 9.17) is 17.5 Å². The third-order valence-electron chi connectivity index (χ3n) is 28.0. The first kappa shape index (κ1) is 91.9. The number of aromatic nitrogens is 4. The van der Waals surface area contributed by atoms with Gasteiger partial charge in [-0.3, -0.25) is 0 Å². The third-order valence-corrected chi connectivity index (χ3v) is 41.5. The molecule has 12 heterocycles. The zero-order valence-corrected chi connectivity index (χ0v) is 87.1. The van der Waals surface area contributed by atoms with Crippen LogP contribution in [0.5, 0.6) is 0 Å². The first-order valence-electron chi connectivity index (χ1n) is 49.2. The fourth-order valence-corrected chi connectivity index (χ4v) is 34.3. The summed E-state index contributed by atoms with van der Waals surface area (Å²) in [4.78, 5) is 19.0. The summed E-state index contributed by atoms with van der Waals surface area (Å²) < 4.78 is 61.6. The van der Waals surface area contributed by atoms with Crippen LogP contribution in [0.2, 0.25) is 0 Å². The summed E-state index contributed by atoms with van der Waals surface area (Å²) in [7, 11) is 0. The van der Waals surface area contributed by atoms with Crippen molar-refractivity contribution in [3.8, 4) is 102 Å². The van der Waals surface area contributed by atoms with Crippen LogP contribution >= 0.6 is 137 Å². The summed E-state index contributed by atoms with van der Waals surface area (Å²) in [5.41, 5.74) is 21.3. The average Bonchev–Trinajstić information content (AvgIpc) is 1.49. The Labute approximate surface area is 836 Å². The van der Waals surface area contributed by atoms with E-state index in [1.807, 2.05) is 68.0 Å². The Morgan fingerprint density at radius 1 is 0.239 bits per heavy atom. The molecule has 0 aliphatic heterocycles. The minimum Gasteiger partial charge on any atom is -0.206 e. The van der Waals surface area contributed by atoms with Crippen molar-refractivity contribution in [2.24, 2.45) is 0 Å². The van der Waals surface area contributed by atoms with E-state index in [0.29, 0.717) is 22.2 Å². The van der Waals surface area contributed by atoms with Gasteiger partial charge < -0.3 is 0 Å². The molecule has 134 heavy (non-hydrogen) atoms. The van der Waals surface area contributed by atoms with Gasteiger partial charge in [0.1, 0.15) is 33.7 Å². The van der Waals surface area contributed by atoms with Gasteiger partial charge >= 0.3 is 0 Å². The van der Waals surface area contributed by atoms with Gasteiger partial charge in [0.05, 0.1) is 54.8 Å². The Morgan fingerprint density at radius 3 is 0.828 bits per heavy atom.